The molecule has 2 heterocycles. The van der Waals surface area contributed by atoms with Gasteiger partial charge in [-0.2, -0.15) is 0 Å². The molecule has 2 nitrogen and oxygen atoms in total. The highest BCUT2D eigenvalue weighted by Gasteiger charge is 2.19. The number of ether oxygens (including phenoxy) is 1. The number of thiophene rings is 2. The molecule has 0 aliphatic carbocycles. The lowest BCUT2D eigenvalue weighted by Crippen LogP contribution is -1.96. The molecule has 5 heteroatoms. The summed E-state index contributed by atoms with van der Waals surface area (Å²) in [7, 11) is 1.60. The van der Waals surface area contributed by atoms with Crippen molar-refractivity contribution in [3.8, 4) is 5.75 Å². The molecule has 0 amide bonds. The van der Waals surface area contributed by atoms with Crippen LogP contribution in [0.15, 0.2) is 17.5 Å². The second kappa shape index (κ2) is 4.75. The van der Waals surface area contributed by atoms with Gasteiger partial charge in [-0.3, -0.25) is 0 Å². The topological polar surface area (TPSA) is 29.5 Å². The SMILES string of the molecule is COc1ccsc1C(O)c1cc(C)c(Cl)s1. The highest BCUT2D eigenvalue weighted by Crippen LogP contribution is 2.39. The van der Waals surface area contributed by atoms with Gasteiger partial charge in [-0.1, -0.05) is 11.6 Å². The zero-order valence-corrected chi connectivity index (χ0v) is 11.2. The van der Waals surface area contributed by atoms with E-state index in [9.17, 15) is 5.11 Å². The lowest BCUT2D eigenvalue weighted by atomic mass is 10.2. The fourth-order valence-electron chi connectivity index (χ4n) is 1.42. The van der Waals surface area contributed by atoms with Crippen LogP contribution >= 0.6 is 34.3 Å². The molecular weight excluding hydrogens is 264 g/mol. The van der Waals surface area contributed by atoms with Crippen LogP contribution in [0.1, 0.15) is 21.4 Å². The van der Waals surface area contributed by atoms with Crippen molar-refractivity contribution in [1.29, 1.82) is 0 Å². The van der Waals surface area contributed by atoms with Crippen LogP contribution in [0.25, 0.3) is 0 Å². The summed E-state index contributed by atoms with van der Waals surface area (Å²) in [6.45, 7) is 1.93. The predicted octanol–water partition coefficient (Wildman–Crippen LogP) is 3.86. The lowest BCUT2D eigenvalue weighted by Gasteiger charge is -2.08. The fraction of sp³-hybridized carbons (Fsp3) is 0.273. The number of aliphatic hydroxyl groups is 1. The van der Waals surface area contributed by atoms with Crippen LogP contribution in [0.5, 0.6) is 5.75 Å². The molecule has 86 valence electrons. The Morgan fingerprint density at radius 2 is 2.25 bits per heavy atom. The Morgan fingerprint density at radius 3 is 2.81 bits per heavy atom. The van der Waals surface area contributed by atoms with Crippen molar-refractivity contribution in [2.24, 2.45) is 0 Å². The standard InChI is InChI=1S/C11H11ClO2S2/c1-6-5-8(16-11(6)12)9(13)10-7(14-2)3-4-15-10/h3-5,9,13H,1-2H3. The minimum absolute atomic E-state index is 0.647. The number of aliphatic hydroxyl groups excluding tert-OH is 1. The van der Waals surface area contributed by atoms with Crippen molar-refractivity contribution in [3.05, 3.63) is 37.2 Å². The first-order valence-electron chi connectivity index (χ1n) is 4.68. The second-order valence-electron chi connectivity index (χ2n) is 3.36. The molecule has 2 rings (SSSR count). The van der Waals surface area contributed by atoms with Gasteiger partial charge in [0.05, 0.1) is 16.3 Å². The van der Waals surface area contributed by atoms with Crippen LogP contribution in [-0.2, 0) is 0 Å². The Bertz CT molecular complexity index is 470. The van der Waals surface area contributed by atoms with Gasteiger partial charge >= 0.3 is 0 Å². The zero-order chi connectivity index (χ0) is 11.7. The Kier molecular flexibility index (Phi) is 3.54. The van der Waals surface area contributed by atoms with Crippen molar-refractivity contribution in [2.45, 2.75) is 13.0 Å². The number of aryl methyl sites for hydroxylation is 1. The van der Waals surface area contributed by atoms with Gasteiger partial charge in [0.1, 0.15) is 11.9 Å². The van der Waals surface area contributed by atoms with Crippen LogP contribution in [0.4, 0.5) is 0 Å². The van der Waals surface area contributed by atoms with Crippen LogP contribution in [0.2, 0.25) is 4.34 Å². The smallest absolute Gasteiger partial charge is 0.135 e. The number of halogens is 1. The highest BCUT2D eigenvalue weighted by atomic mass is 35.5. The lowest BCUT2D eigenvalue weighted by molar-refractivity contribution is 0.223. The predicted molar refractivity (Wildman–Crippen MR) is 69.0 cm³/mol. The third-order valence-corrected chi connectivity index (χ3v) is 4.83. The number of rotatable bonds is 3. The van der Waals surface area contributed by atoms with Gasteiger partial charge in [-0.05, 0) is 30.0 Å². The van der Waals surface area contributed by atoms with Gasteiger partial charge in [-0.25, -0.2) is 0 Å². The molecule has 1 atom stereocenters. The summed E-state index contributed by atoms with van der Waals surface area (Å²) in [6, 6.07) is 3.77. The number of methoxy groups -OCH3 is 1. The van der Waals surface area contributed by atoms with Crippen LogP contribution in [0.3, 0.4) is 0 Å². The summed E-state index contributed by atoms with van der Waals surface area (Å²) in [5.41, 5.74) is 0.997. The fourth-order valence-corrected chi connectivity index (χ4v) is 3.57. The summed E-state index contributed by atoms with van der Waals surface area (Å²) in [6.07, 6.45) is -0.647. The molecule has 0 spiro atoms. The van der Waals surface area contributed by atoms with E-state index in [1.54, 1.807) is 7.11 Å². The Balaban J connectivity index is 2.35. The molecule has 1 N–H and O–H groups in total. The molecule has 2 aromatic rings. The van der Waals surface area contributed by atoms with E-state index in [-0.39, 0.29) is 0 Å². The first-order valence-corrected chi connectivity index (χ1v) is 6.76. The summed E-state index contributed by atoms with van der Waals surface area (Å²) in [4.78, 5) is 1.67. The van der Waals surface area contributed by atoms with E-state index in [4.69, 9.17) is 16.3 Å². The third-order valence-electron chi connectivity index (χ3n) is 2.27. The first kappa shape index (κ1) is 11.9. The van der Waals surface area contributed by atoms with Crippen LogP contribution < -0.4 is 4.74 Å². The van der Waals surface area contributed by atoms with Crippen LogP contribution in [0, 0.1) is 6.92 Å². The van der Waals surface area contributed by atoms with Crippen molar-refractivity contribution >= 4 is 34.3 Å². The van der Waals surface area contributed by atoms with E-state index in [1.807, 2.05) is 24.4 Å². The molecule has 2 aromatic heterocycles. The highest BCUT2D eigenvalue weighted by molar-refractivity contribution is 7.16. The third kappa shape index (κ3) is 2.11. The summed E-state index contributed by atoms with van der Waals surface area (Å²) < 4.78 is 5.91. The second-order valence-corrected chi connectivity index (χ2v) is 5.99. The average molecular weight is 275 g/mol. The quantitative estimate of drug-likeness (QED) is 0.921. The van der Waals surface area contributed by atoms with Gasteiger partial charge in [0.25, 0.3) is 0 Å². The van der Waals surface area contributed by atoms with Crippen LogP contribution in [-0.4, -0.2) is 12.2 Å². The molecule has 16 heavy (non-hydrogen) atoms. The summed E-state index contributed by atoms with van der Waals surface area (Å²) in [5.74, 6) is 0.722. The molecule has 0 saturated carbocycles. The van der Waals surface area contributed by atoms with E-state index >= 15 is 0 Å². The number of hydrogen-bond acceptors (Lipinski definition) is 4. The summed E-state index contributed by atoms with van der Waals surface area (Å²) >= 11 is 8.88. The van der Waals surface area contributed by atoms with Crippen molar-refractivity contribution in [3.63, 3.8) is 0 Å². The minimum Gasteiger partial charge on any atom is -0.495 e. The normalized spacial score (nSPS) is 12.8. The largest absolute Gasteiger partial charge is 0.495 e. The van der Waals surface area contributed by atoms with E-state index < -0.39 is 6.10 Å². The van der Waals surface area contributed by atoms with Crippen molar-refractivity contribution in [1.82, 2.24) is 0 Å². The molecule has 0 aliphatic rings. The van der Waals surface area contributed by atoms with Gasteiger partial charge in [-0.15, -0.1) is 22.7 Å². The Labute approximate surface area is 107 Å². The molecular formula is C11H11ClO2S2. The maximum Gasteiger partial charge on any atom is 0.135 e. The molecule has 0 saturated heterocycles. The maximum atomic E-state index is 10.2. The Hall–Kier alpha value is -0.550. The maximum absolute atomic E-state index is 10.2. The zero-order valence-electron chi connectivity index (χ0n) is 8.86. The van der Waals surface area contributed by atoms with E-state index in [2.05, 4.69) is 0 Å². The van der Waals surface area contributed by atoms with Gasteiger partial charge < -0.3 is 9.84 Å². The van der Waals surface area contributed by atoms with Gasteiger partial charge in [0.15, 0.2) is 0 Å². The molecule has 0 radical (unpaired) electrons. The molecule has 0 bridgehead atoms. The number of hydrogen-bond donors (Lipinski definition) is 1. The minimum atomic E-state index is -0.647. The van der Waals surface area contributed by atoms with Crippen molar-refractivity contribution < 1.29 is 9.84 Å². The molecule has 0 aliphatic heterocycles. The van der Waals surface area contributed by atoms with E-state index in [1.165, 1.54) is 22.7 Å². The monoisotopic (exact) mass is 274 g/mol. The molecule has 1 unspecified atom stereocenters. The molecule has 0 fully saturated rings. The Morgan fingerprint density at radius 1 is 1.50 bits per heavy atom. The molecule has 0 aromatic carbocycles. The van der Waals surface area contributed by atoms with Gasteiger partial charge in [0, 0.05) is 4.88 Å². The van der Waals surface area contributed by atoms with Crippen molar-refractivity contribution in [2.75, 3.05) is 7.11 Å². The average Bonchev–Trinajstić information content (AvgIpc) is 2.85. The summed E-state index contributed by atoms with van der Waals surface area (Å²) in [5, 5.41) is 12.1. The first-order chi connectivity index (χ1) is 7.63. The van der Waals surface area contributed by atoms with E-state index in [0.29, 0.717) is 0 Å². The van der Waals surface area contributed by atoms with Gasteiger partial charge in [0.2, 0.25) is 0 Å². The van der Waals surface area contributed by atoms with E-state index in [0.717, 1.165) is 25.4 Å².